The van der Waals surface area contributed by atoms with Crippen molar-refractivity contribution in [3.05, 3.63) is 70.1 Å². The van der Waals surface area contributed by atoms with E-state index in [9.17, 15) is 9.59 Å². The van der Waals surface area contributed by atoms with Crippen molar-refractivity contribution in [3.63, 3.8) is 0 Å². The summed E-state index contributed by atoms with van der Waals surface area (Å²) >= 11 is 0. The van der Waals surface area contributed by atoms with E-state index in [-0.39, 0.29) is 29.1 Å². The second-order valence-electron chi connectivity index (χ2n) is 8.24. The Bertz CT molecular complexity index is 1100. The van der Waals surface area contributed by atoms with Gasteiger partial charge in [-0.15, -0.1) is 0 Å². The van der Waals surface area contributed by atoms with Crippen LogP contribution in [0.1, 0.15) is 35.9 Å². The Hall–Kier alpha value is -3.19. The molecule has 31 heavy (non-hydrogen) atoms. The Morgan fingerprint density at radius 3 is 2.32 bits per heavy atom. The van der Waals surface area contributed by atoms with Crippen LogP contribution >= 0.6 is 0 Å². The predicted octanol–water partition coefficient (Wildman–Crippen LogP) is 3.09. The lowest BCUT2D eigenvalue weighted by atomic mass is 10.1. The monoisotopic (exact) mass is 422 g/mol. The molecule has 0 radical (unpaired) electrons. The normalized spacial score (nSPS) is 12.4. The first kappa shape index (κ1) is 22.5. The van der Waals surface area contributed by atoms with E-state index in [1.165, 1.54) is 4.68 Å². The lowest BCUT2D eigenvalue weighted by Crippen LogP contribution is -2.36. The van der Waals surface area contributed by atoms with Crippen LogP contribution in [-0.2, 0) is 6.54 Å². The summed E-state index contributed by atoms with van der Waals surface area (Å²) < 4.78 is 6.63. The molecule has 0 saturated carbocycles. The number of ether oxygens (including phenoxy) is 1. The van der Waals surface area contributed by atoms with Crippen molar-refractivity contribution >= 4 is 16.7 Å². The third-order valence-corrected chi connectivity index (χ3v) is 5.20. The van der Waals surface area contributed by atoms with Gasteiger partial charge in [0.25, 0.3) is 11.5 Å². The van der Waals surface area contributed by atoms with Crippen molar-refractivity contribution in [2.75, 3.05) is 27.7 Å². The van der Waals surface area contributed by atoms with E-state index in [0.29, 0.717) is 23.9 Å². The summed E-state index contributed by atoms with van der Waals surface area (Å²) in [6, 6.07) is 14.9. The minimum Gasteiger partial charge on any atom is -0.497 e. The van der Waals surface area contributed by atoms with Gasteiger partial charge in [-0.1, -0.05) is 44.2 Å². The van der Waals surface area contributed by atoms with E-state index in [0.717, 1.165) is 11.3 Å². The van der Waals surface area contributed by atoms with Crippen molar-refractivity contribution < 1.29 is 9.53 Å². The number of nitrogens with zero attached hydrogens (tertiary/aromatic N) is 3. The van der Waals surface area contributed by atoms with Gasteiger partial charge in [-0.05, 0) is 43.8 Å². The molecule has 3 aromatic rings. The first-order valence-corrected chi connectivity index (χ1v) is 10.4. The fourth-order valence-corrected chi connectivity index (χ4v) is 3.57. The molecule has 0 aliphatic heterocycles. The Morgan fingerprint density at radius 1 is 1.10 bits per heavy atom. The van der Waals surface area contributed by atoms with Gasteiger partial charge in [0.2, 0.25) is 0 Å². The van der Waals surface area contributed by atoms with Gasteiger partial charge < -0.3 is 15.0 Å². The molecule has 1 aromatic heterocycles. The van der Waals surface area contributed by atoms with Crippen LogP contribution in [0.4, 0.5) is 0 Å². The maximum atomic E-state index is 13.1. The second kappa shape index (κ2) is 9.75. The van der Waals surface area contributed by atoms with Gasteiger partial charge in [-0.2, -0.15) is 5.10 Å². The molecule has 0 aliphatic carbocycles. The molecular weight excluding hydrogens is 392 g/mol. The third-order valence-electron chi connectivity index (χ3n) is 5.20. The molecule has 7 heteroatoms. The Labute approximate surface area is 182 Å². The van der Waals surface area contributed by atoms with Crippen molar-refractivity contribution in [1.29, 1.82) is 0 Å². The molecular formula is C24H30N4O3. The molecule has 2 aromatic carbocycles. The number of amides is 1. The molecule has 3 rings (SSSR count). The zero-order valence-corrected chi connectivity index (χ0v) is 18.8. The zero-order valence-electron chi connectivity index (χ0n) is 18.8. The summed E-state index contributed by atoms with van der Waals surface area (Å²) in [5.74, 6) is 0.720. The van der Waals surface area contributed by atoms with Crippen LogP contribution in [0.3, 0.4) is 0 Å². The molecule has 1 amide bonds. The van der Waals surface area contributed by atoms with Crippen LogP contribution < -0.4 is 15.6 Å². The molecule has 1 heterocycles. The number of carbonyl (C=O) groups excluding carboxylic acids is 1. The smallest absolute Gasteiger partial charge is 0.274 e. The Balaban J connectivity index is 1.89. The van der Waals surface area contributed by atoms with Crippen molar-refractivity contribution in [3.8, 4) is 5.75 Å². The average molecular weight is 423 g/mol. The topological polar surface area (TPSA) is 76.5 Å². The van der Waals surface area contributed by atoms with E-state index in [4.69, 9.17) is 4.74 Å². The summed E-state index contributed by atoms with van der Waals surface area (Å²) in [6.07, 6.45) is 0. The van der Waals surface area contributed by atoms with Gasteiger partial charge in [0.1, 0.15) is 5.75 Å². The summed E-state index contributed by atoms with van der Waals surface area (Å²) in [5, 5.41) is 8.50. The summed E-state index contributed by atoms with van der Waals surface area (Å²) in [7, 11) is 5.57. The number of rotatable bonds is 8. The van der Waals surface area contributed by atoms with E-state index >= 15 is 0 Å². The van der Waals surface area contributed by atoms with Gasteiger partial charge in [-0.25, -0.2) is 4.68 Å². The average Bonchev–Trinajstić information content (AvgIpc) is 2.75. The van der Waals surface area contributed by atoms with Crippen LogP contribution in [0.2, 0.25) is 0 Å². The standard InChI is InChI=1S/C24H30N4O3/c1-16(2)15-28-24(30)20-9-7-6-8-19(20)22(26-28)23(29)25-14-21(27(3)4)17-10-12-18(31-5)13-11-17/h6-13,16,21H,14-15H2,1-5H3,(H,25,29). The van der Waals surface area contributed by atoms with E-state index < -0.39 is 0 Å². The highest BCUT2D eigenvalue weighted by atomic mass is 16.5. The minimum absolute atomic E-state index is 0.0253. The maximum Gasteiger partial charge on any atom is 0.274 e. The van der Waals surface area contributed by atoms with Crippen LogP contribution in [0, 0.1) is 5.92 Å². The molecule has 1 atom stereocenters. The van der Waals surface area contributed by atoms with Crippen molar-refractivity contribution in [2.45, 2.75) is 26.4 Å². The predicted molar refractivity (Wildman–Crippen MR) is 123 cm³/mol. The Kier molecular flexibility index (Phi) is 7.07. The van der Waals surface area contributed by atoms with Gasteiger partial charge in [0, 0.05) is 18.5 Å². The minimum atomic E-state index is -0.297. The highest BCUT2D eigenvalue weighted by Crippen LogP contribution is 2.21. The molecule has 0 bridgehead atoms. The number of benzene rings is 2. The highest BCUT2D eigenvalue weighted by molar-refractivity contribution is 6.04. The largest absolute Gasteiger partial charge is 0.497 e. The second-order valence-corrected chi connectivity index (χ2v) is 8.24. The fraction of sp³-hybridized carbons (Fsp3) is 0.375. The van der Waals surface area contributed by atoms with Gasteiger partial charge in [0.15, 0.2) is 5.69 Å². The number of nitrogens with one attached hydrogen (secondary N) is 1. The van der Waals surface area contributed by atoms with Crippen molar-refractivity contribution in [2.24, 2.45) is 5.92 Å². The fourth-order valence-electron chi connectivity index (χ4n) is 3.57. The first-order valence-electron chi connectivity index (χ1n) is 10.4. The number of hydrogen-bond acceptors (Lipinski definition) is 5. The molecule has 0 spiro atoms. The van der Waals surface area contributed by atoms with Crippen LogP contribution in [-0.4, -0.2) is 48.3 Å². The third kappa shape index (κ3) is 5.11. The molecule has 0 saturated heterocycles. The number of hydrogen-bond donors (Lipinski definition) is 1. The van der Waals surface area contributed by atoms with Crippen molar-refractivity contribution in [1.82, 2.24) is 20.0 Å². The summed E-state index contributed by atoms with van der Waals surface area (Å²) in [5.41, 5.74) is 1.15. The number of carbonyl (C=O) groups is 1. The van der Waals surface area contributed by atoms with Crippen LogP contribution in [0.5, 0.6) is 5.75 Å². The van der Waals surface area contributed by atoms with Gasteiger partial charge in [0.05, 0.1) is 18.5 Å². The van der Waals surface area contributed by atoms with Crippen LogP contribution in [0.25, 0.3) is 10.8 Å². The lowest BCUT2D eigenvalue weighted by Gasteiger charge is -2.25. The summed E-state index contributed by atoms with van der Waals surface area (Å²) in [6.45, 7) is 4.88. The number of methoxy groups -OCH3 is 1. The van der Waals surface area contributed by atoms with Crippen LogP contribution in [0.15, 0.2) is 53.3 Å². The molecule has 0 aliphatic rings. The first-order chi connectivity index (χ1) is 14.8. The highest BCUT2D eigenvalue weighted by Gasteiger charge is 2.20. The van der Waals surface area contributed by atoms with E-state index in [1.807, 2.05) is 63.2 Å². The van der Waals surface area contributed by atoms with E-state index in [1.54, 1.807) is 25.3 Å². The zero-order chi connectivity index (χ0) is 22.5. The number of aromatic nitrogens is 2. The molecule has 1 unspecified atom stereocenters. The quantitative estimate of drug-likeness (QED) is 0.604. The number of fused-ring (bicyclic) bond motifs is 1. The molecule has 7 nitrogen and oxygen atoms in total. The Morgan fingerprint density at radius 2 is 1.74 bits per heavy atom. The number of likely N-dealkylation sites (N-methyl/N-ethyl adjacent to an activating group) is 1. The molecule has 0 fully saturated rings. The van der Waals surface area contributed by atoms with E-state index in [2.05, 4.69) is 10.4 Å². The summed E-state index contributed by atoms with van der Waals surface area (Å²) in [4.78, 5) is 28.0. The van der Waals surface area contributed by atoms with Gasteiger partial charge in [-0.3, -0.25) is 9.59 Å². The maximum absolute atomic E-state index is 13.1. The SMILES string of the molecule is COc1ccc(C(CNC(=O)c2nn(CC(C)C)c(=O)c3ccccc23)N(C)C)cc1. The molecule has 1 N–H and O–H groups in total. The molecule has 164 valence electrons. The lowest BCUT2D eigenvalue weighted by molar-refractivity contribution is 0.0936. The van der Waals surface area contributed by atoms with Gasteiger partial charge >= 0.3 is 0 Å².